The van der Waals surface area contributed by atoms with Crippen LogP contribution in [0.25, 0.3) is 10.8 Å². The van der Waals surface area contributed by atoms with Crippen LogP contribution in [0.4, 0.5) is 18.9 Å². The van der Waals surface area contributed by atoms with Crippen LogP contribution in [0.3, 0.4) is 0 Å². The number of halogens is 3. The van der Waals surface area contributed by atoms with Gasteiger partial charge in [-0.2, -0.15) is 13.2 Å². The normalized spacial score (nSPS) is 13.5. The first kappa shape index (κ1) is 13.3. The number of nitrogens with zero attached hydrogens (tertiary/aromatic N) is 1. The lowest BCUT2D eigenvalue weighted by atomic mass is 9.99. The summed E-state index contributed by atoms with van der Waals surface area (Å²) in [4.78, 5) is 10.1. The molecular weight excluding hydrogens is 263 g/mol. The van der Waals surface area contributed by atoms with E-state index in [0.717, 1.165) is 12.1 Å². The van der Waals surface area contributed by atoms with Crippen LogP contribution in [-0.2, 0) is 0 Å². The van der Waals surface area contributed by atoms with E-state index in [1.54, 1.807) is 0 Å². The number of nitro groups is 1. The fourth-order valence-electron chi connectivity index (χ4n) is 1.88. The summed E-state index contributed by atoms with van der Waals surface area (Å²) in [5.41, 5.74) is -0.692. The van der Waals surface area contributed by atoms with Crippen molar-refractivity contribution in [3.8, 4) is 0 Å². The standard InChI is InChI=1S/C12H8F3NO3/c13-12(14,15)11(17)9-5-6-10(16(18)19)8-4-2-1-3-7(8)9/h1-6,11,17H/t11-/m1/s1. The van der Waals surface area contributed by atoms with Gasteiger partial charge in [-0.3, -0.25) is 10.1 Å². The van der Waals surface area contributed by atoms with Crippen molar-refractivity contribution in [1.29, 1.82) is 0 Å². The molecule has 0 aliphatic carbocycles. The molecule has 7 heteroatoms. The average Bonchev–Trinajstić information content (AvgIpc) is 2.35. The molecule has 2 rings (SSSR count). The molecule has 0 aliphatic heterocycles. The van der Waals surface area contributed by atoms with E-state index in [1.165, 1.54) is 24.3 Å². The van der Waals surface area contributed by atoms with Gasteiger partial charge in [-0.05, 0) is 23.1 Å². The zero-order chi connectivity index (χ0) is 14.2. The predicted octanol–water partition coefficient (Wildman–Crippen LogP) is 3.34. The summed E-state index contributed by atoms with van der Waals surface area (Å²) in [7, 11) is 0. The summed E-state index contributed by atoms with van der Waals surface area (Å²) in [5.74, 6) is 0. The number of hydrogen-bond donors (Lipinski definition) is 1. The number of aliphatic hydroxyl groups excluding tert-OH is 1. The number of fused-ring (bicyclic) bond motifs is 1. The molecule has 0 bridgehead atoms. The molecule has 2 aromatic rings. The first-order valence-electron chi connectivity index (χ1n) is 5.23. The minimum Gasteiger partial charge on any atom is -0.379 e. The lowest BCUT2D eigenvalue weighted by Crippen LogP contribution is -2.20. The Labute approximate surface area is 105 Å². The van der Waals surface area contributed by atoms with Crippen molar-refractivity contribution in [2.24, 2.45) is 0 Å². The smallest absolute Gasteiger partial charge is 0.379 e. The van der Waals surface area contributed by atoms with Crippen LogP contribution in [0, 0.1) is 10.1 Å². The summed E-state index contributed by atoms with van der Waals surface area (Å²) in [5, 5.41) is 20.2. The summed E-state index contributed by atoms with van der Waals surface area (Å²) in [6.07, 6.45) is -7.49. The van der Waals surface area contributed by atoms with Gasteiger partial charge in [0.25, 0.3) is 5.69 Å². The molecule has 0 radical (unpaired) electrons. The third kappa shape index (κ3) is 2.37. The Morgan fingerprint density at radius 1 is 1.11 bits per heavy atom. The second kappa shape index (κ2) is 4.51. The van der Waals surface area contributed by atoms with Crippen LogP contribution >= 0.6 is 0 Å². The fraction of sp³-hybridized carbons (Fsp3) is 0.167. The van der Waals surface area contributed by atoms with Crippen LogP contribution in [0.2, 0.25) is 0 Å². The van der Waals surface area contributed by atoms with Gasteiger partial charge in [0.05, 0.1) is 10.3 Å². The number of aliphatic hydroxyl groups is 1. The van der Waals surface area contributed by atoms with Crippen molar-refractivity contribution in [1.82, 2.24) is 0 Å². The number of hydrogen-bond acceptors (Lipinski definition) is 3. The van der Waals surface area contributed by atoms with Crippen molar-refractivity contribution in [3.63, 3.8) is 0 Å². The lowest BCUT2D eigenvalue weighted by molar-refractivity contribution is -0.383. The van der Waals surface area contributed by atoms with Gasteiger partial charge >= 0.3 is 6.18 Å². The minimum absolute atomic E-state index is 0.0153. The maximum absolute atomic E-state index is 12.5. The Morgan fingerprint density at radius 3 is 2.21 bits per heavy atom. The number of rotatable bonds is 2. The van der Waals surface area contributed by atoms with Crippen molar-refractivity contribution in [2.45, 2.75) is 12.3 Å². The number of alkyl halides is 3. The molecule has 1 N–H and O–H groups in total. The first-order chi connectivity index (χ1) is 8.82. The van der Waals surface area contributed by atoms with Gasteiger partial charge < -0.3 is 5.11 Å². The van der Waals surface area contributed by atoms with E-state index >= 15 is 0 Å². The van der Waals surface area contributed by atoms with Gasteiger partial charge in [-0.25, -0.2) is 0 Å². The molecule has 2 aromatic carbocycles. The highest BCUT2D eigenvalue weighted by atomic mass is 19.4. The number of benzene rings is 2. The van der Waals surface area contributed by atoms with E-state index < -0.39 is 22.8 Å². The maximum atomic E-state index is 12.5. The molecule has 19 heavy (non-hydrogen) atoms. The molecule has 100 valence electrons. The highest BCUT2D eigenvalue weighted by molar-refractivity contribution is 5.93. The van der Waals surface area contributed by atoms with Crippen LogP contribution in [0.15, 0.2) is 36.4 Å². The fourth-order valence-corrected chi connectivity index (χ4v) is 1.88. The second-order valence-electron chi connectivity index (χ2n) is 3.92. The van der Waals surface area contributed by atoms with Crippen molar-refractivity contribution in [2.75, 3.05) is 0 Å². The lowest BCUT2D eigenvalue weighted by Gasteiger charge is -2.16. The van der Waals surface area contributed by atoms with E-state index in [9.17, 15) is 28.4 Å². The summed E-state index contributed by atoms with van der Waals surface area (Å²) in [6.45, 7) is 0. The number of non-ortho nitro benzene ring substituents is 1. The van der Waals surface area contributed by atoms with E-state index in [4.69, 9.17) is 0 Å². The van der Waals surface area contributed by atoms with E-state index in [-0.39, 0.29) is 16.5 Å². The van der Waals surface area contributed by atoms with Gasteiger partial charge in [-0.1, -0.05) is 18.2 Å². The second-order valence-corrected chi connectivity index (χ2v) is 3.92. The number of nitro benzene ring substituents is 1. The molecular formula is C12H8F3NO3. The van der Waals surface area contributed by atoms with E-state index in [2.05, 4.69) is 0 Å². The van der Waals surface area contributed by atoms with Crippen molar-refractivity contribution in [3.05, 3.63) is 52.1 Å². The monoisotopic (exact) mass is 271 g/mol. The third-order valence-corrected chi connectivity index (χ3v) is 2.74. The highest BCUT2D eigenvalue weighted by Crippen LogP contribution is 2.38. The highest BCUT2D eigenvalue weighted by Gasteiger charge is 2.40. The maximum Gasteiger partial charge on any atom is 0.418 e. The Hall–Kier alpha value is -2.15. The van der Waals surface area contributed by atoms with Crippen LogP contribution < -0.4 is 0 Å². The van der Waals surface area contributed by atoms with Gasteiger partial charge in [0.2, 0.25) is 0 Å². The van der Waals surface area contributed by atoms with E-state index in [1.807, 2.05) is 0 Å². The topological polar surface area (TPSA) is 63.4 Å². The Bertz CT molecular complexity index is 640. The molecule has 0 fully saturated rings. The average molecular weight is 271 g/mol. The van der Waals surface area contributed by atoms with Crippen LogP contribution in [0.5, 0.6) is 0 Å². The molecule has 0 heterocycles. The van der Waals surface area contributed by atoms with Crippen LogP contribution in [-0.4, -0.2) is 16.2 Å². The molecule has 0 amide bonds. The zero-order valence-electron chi connectivity index (χ0n) is 9.39. The molecule has 0 unspecified atom stereocenters. The molecule has 0 saturated heterocycles. The van der Waals surface area contributed by atoms with E-state index in [0.29, 0.717) is 0 Å². The van der Waals surface area contributed by atoms with Gasteiger partial charge in [0, 0.05) is 6.07 Å². The Kier molecular flexibility index (Phi) is 3.15. The van der Waals surface area contributed by atoms with Crippen molar-refractivity contribution >= 4 is 16.5 Å². The SMILES string of the molecule is O=[N+]([O-])c1ccc([C@@H](O)C(F)(F)F)c2ccccc12. The zero-order valence-corrected chi connectivity index (χ0v) is 9.39. The van der Waals surface area contributed by atoms with Crippen molar-refractivity contribution < 1.29 is 23.2 Å². The van der Waals surface area contributed by atoms with Crippen LogP contribution in [0.1, 0.15) is 11.7 Å². The quantitative estimate of drug-likeness (QED) is 0.673. The summed E-state index contributed by atoms with van der Waals surface area (Å²) in [6, 6.07) is 7.50. The van der Waals surface area contributed by atoms with Gasteiger partial charge in [0.1, 0.15) is 0 Å². The Morgan fingerprint density at radius 2 is 1.68 bits per heavy atom. The minimum atomic E-state index is -4.82. The molecule has 0 saturated carbocycles. The predicted molar refractivity (Wildman–Crippen MR) is 61.6 cm³/mol. The molecule has 0 aromatic heterocycles. The summed E-state index contributed by atoms with van der Waals surface area (Å²) >= 11 is 0. The summed E-state index contributed by atoms with van der Waals surface area (Å²) < 4.78 is 37.6. The largest absolute Gasteiger partial charge is 0.418 e. The van der Waals surface area contributed by atoms with Gasteiger partial charge in [0.15, 0.2) is 6.10 Å². The molecule has 4 nitrogen and oxygen atoms in total. The Balaban J connectivity index is 2.72. The molecule has 0 spiro atoms. The third-order valence-electron chi connectivity index (χ3n) is 2.74. The molecule has 1 atom stereocenters. The molecule has 0 aliphatic rings. The van der Waals surface area contributed by atoms with Gasteiger partial charge in [-0.15, -0.1) is 0 Å². The first-order valence-corrected chi connectivity index (χ1v) is 5.23.